The number of rotatable bonds is 5. The maximum atomic E-state index is 12.4. The van der Waals surface area contributed by atoms with E-state index >= 15 is 0 Å². The van der Waals surface area contributed by atoms with Crippen LogP contribution in [0.15, 0.2) is 32.6 Å². The minimum absolute atomic E-state index is 0.0691. The monoisotopic (exact) mass is 339 g/mol. The van der Waals surface area contributed by atoms with E-state index in [-0.39, 0.29) is 11.6 Å². The molecular formula is C13H13N3O4S2. The van der Waals surface area contributed by atoms with Gasteiger partial charge in [0.05, 0.1) is 10.6 Å². The summed E-state index contributed by atoms with van der Waals surface area (Å²) in [6.45, 7) is 3.25. The standard InChI is InChI=1S/C13H13N3O4S2/c1-8-6-10(19-15-8)7-22(17,18)9(2)13-14-12(16-20-13)11-4-3-5-21-11/h3-6,9H,7H2,1-2H3/t9-/m0/s1. The smallest absolute Gasteiger partial charge is 0.245 e. The van der Waals surface area contributed by atoms with Crippen LogP contribution in [-0.4, -0.2) is 23.7 Å². The second-order valence-corrected chi connectivity index (χ2v) is 8.09. The Labute approximate surface area is 130 Å². The predicted molar refractivity (Wildman–Crippen MR) is 79.9 cm³/mol. The van der Waals surface area contributed by atoms with Gasteiger partial charge in [-0.15, -0.1) is 11.3 Å². The maximum Gasteiger partial charge on any atom is 0.245 e. The Kier molecular flexibility index (Phi) is 3.83. The second kappa shape index (κ2) is 5.65. The van der Waals surface area contributed by atoms with E-state index in [1.165, 1.54) is 18.3 Å². The van der Waals surface area contributed by atoms with Crippen LogP contribution in [-0.2, 0) is 15.6 Å². The van der Waals surface area contributed by atoms with E-state index in [9.17, 15) is 8.42 Å². The highest BCUT2D eigenvalue weighted by atomic mass is 32.2. The second-order valence-electron chi connectivity index (χ2n) is 4.82. The van der Waals surface area contributed by atoms with Crippen LogP contribution in [0.1, 0.15) is 29.5 Å². The largest absolute Gasteiger partial charge is 0.360 e. The summed E-state index contributed by atoms with van der Waals surface area (Å²) in [5, 5.41) is 8.48. The molecule has 0 fully saturated rings. The molecular weight excluding hydrogens is 326 g/mol. The van der Waals surface area contributed by atoms with E-state index in [2.05, 4.69) is 15.3 Å². The van der Waals surface area contributed by atoms with Gasteiger partial charge in [-0.2, -0.15) is 4.98 Å². The van der Waals surface area contributed by atoms with Gasteiger partial charge in [-0.3, -0.25) is 0 Å². The molecule has 3 heterocycles. The summed E-state index contributed by atoms with van der Waals surface area (Å²) in [7, 11) is -3.54. The number of aromatic nitrogens is 3. The van der Waals surface area contributed by atoms with Gasteiger partial charge < -0.3 is 9.05 Å². The lowest BCUT2D eigenvalue weighted by Gasteiger charge is -2.06. The van der Waals surface area contributed by atoms with Gasteiger partial charge in [-0.1, -0.05) is 16.4 Å². The van der Waals surface area contributed by atoms with Crippen LogP contribution in [0.2, 0.25) is 0 Å². The number of hydrogen-bond donors (Lipinski definition) is 0. The lowest BCUT2D eigenvalue weighted by molar-refractivity contribution is 0.374. The summed E-state index contributed by atoms with van der Waals surface area (Å²) >= 11 is 1.46. The van der Waals surface area contributed by atoms with E-state index in [0.717, 1.165) is 4.88 Å². The van der Waals surface area contributed by atoms with E-state index in [0.29, 0.717) is 17.3 Å². The van der Waals surface area contributed by atoms with Crippen LogP contribution in [0, 0.1) is 6.92 Å². The van der Waals surface area contributed by atoms with Crippen molar-refractivity contribution in [2.45, 2.75) is 24.9 Å². The summed E-state index contributed by atoms with van der Waals surface area (Å²) in [5.74, 6) is 0.496. The lowest BCUT2D eigenvalue weighted by atomic mass is 10.4. The highest BCUT2D eigenvalue weighted by Crippen LogP contribution is 2.27. The van der Waals surface area contributed by atoms with Crippen LogP contribution >= 0.6 is 11.3 Å². The minimum Gasteiger partial charge on any atom is -0.360 e. The molecule has 0 spiro atoms. The lowest BCUT2D eigenvalue weighted by Crippen LogP contribution is -2.13. The molecule has 0 radical (unpaired) electrons. The Bertz CT molecular complexity index is 865. The molecule has 7 nitrogen and oxygen atoms in total. The Balaban J connectivity index is 1.82. The van der Waals surface area contributed by atoms with Crippen molar-refractivity contribution in [3.8, 4) is 10.7 Å². The third kappa shape index (κ3) is 2.95. The topological polar surface area (TPSA) is 99.1 Å². The van der Waals surface area contributed by atoms with Crippen molar-refractivity contribution in [3.63, 3.8) is 0 Å². The fraction of sp³-hybridized carbons (Fsp3) is 0.308. The Morgan fingerprint density at radius 3 is 2.77 bits per heavy atom. The summed E-state index contributed by atoms with van der Waals surface area (Å²) in [6.07, 6.45) is 0. The van der Waals surface area contributed by atoms with Crippen molar-refractivity contribution in [2.24, 2.45) is 0 Å². The van der Waals surface area contributed by atoms with Gasteiger partial charge in [0.1, 0.15) is 11.0 Å². The molecule has 3 aromatic heterocycles. The van der Waals surface area contributed by atoms with E-state index in [1.54, 1.807) is 13.0 Å². The molecule has 3 rings (SSSR count). The third-order valence-electron chi connectivity index (χ3n) is 3.09. The fourth-order valence-electron chi connectivity index (χ4n) is 1.87. The molecule has 3 aromatic rings. The SMILES string of the molecule is Cc1cc(CS(=O)(=O)[C@@H](C)c2nc(-c3cccs3)no2)on1. The number of nitrogens with zero attached hydrogens (tertiary/aromatic N) is 3. The number of hydrogen-bond acceptors (Lipinski definition) is 8. The molecule has 0 aliphatic rings. The predicted octanol–water partition coefficient (Wildman–Crippen LogP) is 2.77. The highest BCUT2D eigenvalue weighted by molar-refractivity contribution is 7.90. The van der Waals surface area contributed by atoms with Gasteiger partial charge in [0.15, 0.2) is 15.6 Å². The molecule has 116 valence electrons. The summed E-state index contributed by atoms with van der Waals surface area (Å²) in [4.78, 5) is 5.00. The zero-order chi connectivity index (χ0) is 15.7. The molecule has 0 saturated carbocycles. The molecule has 0 N–H and O–H groups in total. The normalized spacial score (nSPS) is 13.4. The fourth-order valence-corrected chi connectivity index (χ4v) is 3.70. The Hall–Kier alpha value is -2.00. The summed E-state index contributed by atoms with van der Waals surface area (Å²) in [5.41, 5.74) is 0.635. The third-order valence-corrected chi connectivity index (χ3v) is 5.92. The zero-order valence-electron chi connectivity index (χ0n) is 11.9. The molecule has 0 unspecified atom stereocenters. The molecule has 22 heavy (non-hydrogen) atoms. The van der Waals surface area contributed by atoms with Crippen LogP contribution in [0.5, 0.6) is 0 Å². The van der Waals surface area contributed by atoms with Crippen LogP contribution in [0.4, 0.5) is 0 Å². The molecule has 9 heteroatoms. The van der Waals surface area contributed by atoms with Crippen molar-refractivity contribution in [2.75, 3.05) is 0 Å². The van der Waals surface area contributed by atoms with E-state index in [1.807, 2.05) is 17.5 Å². The van der Waals surface area contributed by atoms with Crippen molar-refractivity contribution in [1.29, 1.82) is 0 Å². The minimum atomic E-state index is -3.54. The van der Waals surface area contributed by atoms with Gasteiger partial charge in [0.25, 0.3) is 0 Å². The molecule has 0 amide bonds. The number of aryl methyl sites for hydroxylation is 1. The van der Waals surface area contributed by atoms with Crippen LogP contribution in [0.25, 0.3) is 10.7 Å². The Morgan fingerprint density at radius 2 is 2.14 bits per heavy atom. The van der Waals surface area contributed by atoms with Crippen molar-refractivity contribution in [3.05, 3.63) is 40.9 Å². The summed E-state index contributed by atoms with van der Waals surface area (Å²) in [6, 6.07) is 5.30. The molecule has 0 aromatic carbocycles. The van der Waals surface area contributed by atoms with Gasteiger partial charge in [0, 0.05) is 6.07 Å². The molecule has 0 bridgehead atoms. The van der Waals surface area contributed by atoms with Crippen LogP contribution in [0.3, 0.4) is 0 Å². The van der Waals surface area contributed by atoms with E-state index < -0.39 is 15.1 Å². The Morgan fingerprint density at radius 1 is 1.32 bits per heavy atom. The zero-order valence-corrected chi connectivity index (χ0v) is 13.5. The number of thiophene rings is 1. The molecule has 1 atom stereocenters. The van der Waals surface area contributed by atoms with E-state index in [4.69, 9.17) is 9.05 Å². The first kappa shape index (κ1) is 14.9. The van der Waals surface area contributed by atoms with Crippen molar-refractivity contribution >= 4 is 21.2 Å². The first-order valence-corrected chi connectivity index (χ1v) is 9.06. The molecule has 0 aliphatic heterocycles. The van der Waals surface area contributed by atoms with Crippen molar-refractivity contribution in [1.82, 2.24) is 15.3 Å². The highest BCUT2D eigenvalue weighted by Gasteiger charge is 2.30. The van der Waals surface area contributed by atoms with Crippen LogP contribution < -0.4 is 0 Å². The average Bonchev–Trinajstić information content (AvgIpc) is 3.17. The van der Waals surface area contributed by atoms with Crippen molar-refractivity contribution < 1.29 is 17.5 Å². The van der Waals surface area contributed by atoms with Gasteiger partial charge in [0.2, 0.25) is 11.7 Å². The van der Waals surface area contributed by atoms with Gasteiger partial charge in [-0.05, 0) is 25.3 Å². The quantitative estimate of drug-likeness (QED) is 0.704. The first-order chi connectivity index (χ1) is 10.5. The number of sulfone groups is 1. The maximum absolute atomic E-state index is 12.4. The molecule has 0 aliphatic carbocycles. The first-order valence-electron chi connectivity index (χ1n) is 6.47. The van der Waals surface area contributed by atoms with Gasteiger partial charge >= 0.3 is 0 Å². The van der Waals surface area contributed by atoms with Gasteiger partial charge in [-0.25, -0.2) is 8.42 Å². The average molecular weight is 339 g/mol. The summed E-state index contributed by atoms with van der Waals surface area (Å²) < 4.78 is 34.8. The molecule has 0 saturated heterocycles.